The number of hydrogen-bond acceptors (Lipinski definition) is 5. The zero-order chi connectivity index (χ0) is 21.6. The number of carbonyl (C=O) groups excluding carboxylic acids is 1. The highest BCUT2D eigenvalue weighted by Crippen LogP contribution is 2.15. The second kappa shape index (κ2) is 13.7. The van der Waals surface area contributed by atoms with Gasteiger partial charge in [-0.3, -0.25) is 0 Å². The van der Waals surface area contributed by atoms with Crippen molar-refractivity contribution in [2.75, 3.05) is 46.6 Å². The fourth-order valence-corrected chi connectivity index (χ4v) is 3.23. The molecule has 2 N–H and O–H groups in total. The van der Waals surface area contributed by atoms with Gasteiger partial charge in [-0.15, -0.1) is 0 Å². The molecule has 0 atom stereocenters. The van der Waals surface area contributed by atoms with Gasteiger partial charge in [0.25, 0.3) is 0 Å². The molecule has 1 aliphatic rings. The van der Waals surface area contributed by atoms with Gasteiger partial charge in [0.1, 0.15) is 5.75 Å². The van der Waals surface area contributed by atoms with Crippen molar-refractivity contribution >= 4 is 12.1 Å². The molecule has 1 fully saturated rings. The molecule has 1 aliphatic heterocycles. The summed E-state index contributed by atoms with van der Waals surface area (Å²) in [6.07, 6.45) is 2.38. The summed E-state index contributed by atoms with van der Waals surface area (Å²) in [4.78, 5) is 18.3. The second-order valence-electron chi connectivity index (χ2n) is 7.14. The summed E-state index contributed by atoms with van der Waals surface area (Å²) >= 11 is 0. The van der Waals surface area contributed by atoms with Gasteiger partial charge in [-0.05, 0) is 44.4 Å². The maximum absolute atomic E-state index is 11.8. The van der Waals surface area contributed by atoms with Crippen molar-refractivity contribution < 1.29 is 19.0 Å². The van der Waals surface area contributed by atoms with Crippen molar-refractivity contribution in [3.63, 3.8) is 0 Å². The molecule has 2 rings (SSSR count). The molecule has 8 heteroatoms. The molecule has 0 radical (unpaired) electrons. The van der Waals surface area contributed by atoms with Crippen LogP contribution in [0.3, 0.4) is 0 Å². The Balaban J connectivity index is 1.85. The van der Waals surface area contributed by atoms with Gasteiger partial charge in [-0.25, -0.2) is 9.79 Å². The number of hydrogen-bond donors (Lipinski definition) is 2. The number of guanidine groups is 1. The fraction of sp³-hybridized carbons (Fsp3) is 0.636. The number of nitrogens with zero attached hydrogens (tertiary/aromatic N) is 2. The van der Waals surface area contributed by atoms with E-state index in [1.54, 1.807) is 12.0 Å². The van der Waals surface area contributed by atoms with Gasteiger partial charge in [0.2, 0.25) is 0 Å². The van der Waals surface area contributed by atoms with Gasteiger partial charge in [0.05, 0.1) is 19.8 Å². The molecule has 0 unspecified atom stereocenters. The maximum Gasteiger partial charge on any atom is 0.409 e. The lowest BCUT2D eigenvalue weighted by atomic mass is 10.1. The molecular formula is C22H36N4O4. The number of likely N-dealkylation sites (tertiary alicyclic amines) is 1. The average Bonchev–Trinajstić information content (AvgIpc) is 2.76. The number of carbonyl (C=O) groups is 1. The molecule has 0 aliphatic carbocycles. The van der Waals surface area contributed by atoms with Crippen molar-refractivity contribution in [3.05, 3.63) is 29.8 Å². The standard InChI is InChI=1S/C22H36N4O4/c1-4-23-21(25-19-10-12-26(13-11-19)22(27)29-5-2)24-17-18-8-6-9-20(16-18)30-15-7-14-28-3/h6,8-9,16,19H,4-5,7,10-15,17H2,1-3H3,(H2,23,24,25). The normalized spacial score (nSPS) is 15.0. The zero-order valence-electron chi connectivity index (χ0n) is 18.5. The number of ether oxygens (including phenoxy) is 3. The number of piperidine rings is 1. The summed E-state index contributed by atoms with van der Waals surface area (Å²) in [5.41, 5.74) is 1.09. The van der Waals surface area contributed by atoms with Crippen LogP contribution in [0.25, 0.3) is 0 Å². The molecule has 0 bridgehead atoms. The van der Waals surface area contributed by atoms with Gasteiger partial charge in [-0.2, -0.15) is 0 Å². The van der Waals surface area contributed by atoms with Crippen LogP contribution in [0.1, 0.15) is 38.7 Å². The Morgan fingerprint density at radius 2 is 2.03 bits per heavy atom. The predicted molar refractivity (Wildman–Crippen MR) is 118 cm³/mol. The Morgan fingerprint density at radius 3 is 2.73 bits per heavy atom. The van der Waals surface area contributed by atoms with Crippen LogP contribution in [0.5, 0.6) is 5.75 Å². The van der Waals surface area contributed by atoms with Crippen LogP contribution in [0, 0.1) is 0 Å². The molecule has 30 heavy (non-hydrogen) atoms. The second-order valence-corrected chi connectivity index (χ2v) is 7.14. The first-order valence-electron chi connectivity index (χ1n) is 10.8. The monoisotopic (exact) mass is 420 g/mol. The third-order valence-corrected chi connectivity index (χ3v) is 4.79. The third-order valence-electron chi connectivity index (χ3n) is 4.79. The minimum atomic E-state index is -0.221. The van der Waals surface area contributed by atoms with Gasteiger partial charge < -0.3 is 29.7 Å². The SMILES string of the molecule is CCNC(=NCc1cccc(OCCCOC)c1)NC1CCN(C(=O)OCC)CC1. The molecule has 168 valence electrons. The van der Waals surface area contributed by atoms with Crippen LogP contribution in [-0.4, -0.2) is 69.6 Å². The van der Waals surface area contributed by atoms with E-state index in [1.165, 1.54) is 0 Å². The number of amides is 1. The maximum atomic E-state index is 11.8. The molecule has 1 heterocycles. The number of benzene rings is 1. The smallest absolute Gasteiger partial charge is 0.409 e. The lowest BCUT2D eigenvalue weighted by molar-refractivity contribution is 0.0963. The van der Waals surface area contributed by atoms with E-state index in [0.717, 1.165) is 43.1 Å². The molecule has 0 saturated carbocycles. The first-order chi connectivity index (χ1) is 14.7. The van der Waals surface area contributed by atoms with Crippen LogP contribution in [0.15, 0.2) is 29.3 Å². The molecule has 1 saturated heterocycles. The number of aliphatic imine (C=N–C) groups is 1. The van der Waals surface area contributed by atoms with E-state index in [9.17, 15) is 4.79 Å². The van der Waals surface area contributed by atoms with Crippen molar-refractivity contribution in [1.29, 1.82) is 0 Å². The van der Waals surface area contributed by atoms with Gasteiger partial charge in [0, 0.05) is 45.8 Å². The zero-order valence-corrected chi connectivity index (χ0v) is 18.5. The van der Waals surface area contributed by atoms with Gasteiger partial charge >= 0.3 is 6.09 Å². The van der Waals surface area contributed by atoms with E-state index in [0.29, 0.717) is 39.5 Å². The van der Waals surface area contributed by atoms with Crippen LogP contribution < -0.4 is 15.4 Å². The van der Waals surface area contributed by atoms with Crippen molar-refractivity contribution in [2.24, 2.45) is 4.99 Å². The molecule has 1 aromatic rings. The summed E-state index contributed by atoms with van der Waals surface area (Å²) in [6.45, 7) is 8.35. The lowest BCUT2D eigenvalue weighted by Gasteiger charge is -2.32. The molecular weight excluding hydrogens is 384 g/mol. The summed E-state index contributed by atoms with van der Waals surface area (Å²) in [6, 6.07) is 8.30. The molecule has 0 aromatic heterocycles. The van der Waals surface area contributed by atoms with Crippen LogP contribution in [0.2, 0.25) is 0 Å². The highest BCUT2D eigenvalue weighted by Gasteiger charge is 2.24. The first-order valence-corrected chi connectivity index (χ1v) is 10.8. The fourth-order valence-electron chi connectivity index (χ4n) is 3.23. The van der Waals surface area contributed by atoms with Gasteiger partial charge in [0.15, 0.2) is 5.96 Å². The summed E-state index contributed by atoms with van der Waals surface area (Å²) in [5, 5.41) is 6.80. The topological polar surface area (TPSA) is 84.4 Å². The molecule has 1 aromatic carbocycles. The minimum Gasteiger partial charge on any atom is -0.493 e. The summed E-state index contributed by atoms with van der Waals surface area (Å²) < 4.78 is 15.9. The number of methoxy groups -OCH3 is 1. The van der Waals surface area contributed by atoms with E-state index in [4.69, 9.17) is 19.2 Å². The quantitative estimate of drug-likeness (QED) is 0.344. The van der Waals surface area contributed by atoms with E-state index >= 15 is 0 Å². The van der Waals surface area contributed by atoms with E-state index in [-0.39, 0.29) is 12.1 Å². The van der Waals surface area contributed by atoms with Crippen molar-refractivity contribution in [2.45, 2.75) is 45.7 Å². The third kappa shape index (κ3) is 8.49. The Kier molecular flexibility index (Phi) is 10.9. The van der Waals surface area contributed by atoms with E-state index in [2.05, 4.69) is 17.6 Å². The van der Waals surface area contributed by atoms with Crippen LogP contribution >= 0.6 is 0 Å². The number of rotatable bonds is 10. The first kappa shape index (κ1) is 23.8. The number of nitrogens with one attached hydrogen (secondary N) is 2. The minimum absolute atomic E-state index is 0.221. The molecule has 1 amide bonds. The molecule has 0 spiro atoms. The van der Waals surface area contributed by atoms with E-state index in [1.807, 2.05) is 31.2 Å². The Bertz CT molecular complexity index is 660. The lowest BCUT2D eigenvalue weighted by Crippen LogP contribution is -2.49. The largest absolute Gasteiger partial charge is 0.493 e. The van der Waals surface area contributed by atoms with Gasteiger partial charge in [-0.1, -0.05) is 12.1 Å². The summed E-state index contributed by atoms with van der Waals surface area (Å²) in [5.74, 6) is 1.64. The Hall–Kier alpha value is -2.48. The van der Waals surface area contributed by atoms with Crippen molar-refractivity contribution in [1.82, 2.24) is 15.5 Å². The summed E-state index contributed by atoms with van der Waals surface area (Å²) in [7, 11) is 1.69. The van der Waals surface area contributed by atoms with Crippen LogP contribution in [-0.2, 0) is 16.0 Å². The predicted octanol–water partition coefficient (Wildman–Crippen LogP) is 2.78. The highest BCUT2D eigenvalue weighted by molar-refractivity contribution is 5.80. The Morgan fingerprint density at radius 1 is 1.23 bits per heavy atom. The molecule has 8 nitrogen and oxygen atoms in total. The average molecular weight is 421 g/mol. The van der Waals surface area contributed by atoms with E-state index < -0.39 is 0 Å². The van der Waals surface area contributed by atoms with Crippen molar-refractivity contribution in [3.8, 4) is 5.75 Å². The highest BCUT2D eigenvalue weighted by atomic mass is 16.6. The Labute approximate surface area is 180 Å². The van der Waals surface area contributed by atoms with Crippen LogP contribution in [0.4, 0.5) is 4.79 Å².